The molecule has 0 spiro atoms. The van der Waals surface area contributed by atoms with E-state index in [0.717, 1.165) is 5.56 Å². The van der Waals surface area contributed by atoms with Crippen molar-refractivity contribution in [1.29, 1.82) is 0 Å². The summed E-state index contributed by atoms with van der Waals surface area (Å²) in [6, 6.07) is 8.21. The fourth-order valence-corrected chi connectivity index (χ4v) is 1.91. The first-order valence-electron chi connectivity index (χ1n) is 6.82. The summed E-state index contributed by atoms with van der Waals surface area (Å²) in [6.07, 6.45) is 0. The normalized spacial score (nSPS) is 10.1. The molecule has 0 heterocycles. The van der Waals surface area contributed by atoms with Crippen LogP contribution < -0.4 is 0 Å². The topological polar surface area (TPSA) is 20.3 Å². The van der Waals surface area contributed by atoms with Gasteiger partial charge in [-0.2, -0.15) is 0 Å². The van der Waals surface area contributed by atoms with E-state index in [0.29, 0.717) is 0 Å². The van der Waals surface area contributed by atoms with Gasteiger partial charge in [0.1, 0.15) is 0 Å². The zero-order valence-corrected chi connectivity index (χ0v) is 12.8. The predicted octanol–water partition coefficient (Wildman–Crippen LogP) is 4.28. The first-order valence-corrected chi connectivity index (χ1v) is 6.82. The second kappa shape index (κ2) is 7.91. The van der Waals surface area contributed by atoms with E-state index in [-0.39, 0.29) is 18.0 Å². The van der Waals surface area contributed by atoms with Gasteiger partial charge in [-0.15, -0.1) is 0 Å². The van der Waals surface area contributed by atoms with Crippen molar-refractivity contribution in [2.24, 2.45) is 0 Å². The van der Waals surface area contributed by atoms with Crippen molar-refractivity contribution in [3.8, 4) is 0 Å². The average Bonchev–Trinajstić information content (AvgIpc) is 2.31. The summed E-state index contributed by atoms with van der Waals surface area (Å²) in [7, 11) is 0. The smallest absolute Gasteiger partial charge is 0.254 e. The third-order valence-electron chi connectivity index (χ3n) is 2.65. The zero-order valence-electron chi connectivity index (χ0n) is 12.8. The van der Waals surface area contributed by atoms with E-state index in [1.54, 1.807) is 0 Å². The molecule has 2 heteroatoms. The molecule has 1 amide bonds. The van der Waals surface area contributed by atoms with Crippen molar-refractivity contribution in [2.75, 3.05) is 0 Å². The molecule has 18 heavy (non-hydrogen) atoms. The third-order valence-corrected chi connectivity index (χ3v) is 2.65. The second-order valence-corrected chi connectivity index (χ2v) is 4.77. The third kappa shape index (κ3) is 4.52. The maximum atomic E-state index is 12.3. The lowest BCUT2D eigenvalue weighted by molar-refractivity contribution is 0.0644. The molecule has 0 aromatic heterocycles. The molecule has 0 atom stereocenters. The Kier molecular flexibility index (Phi) is 7.33. The van der Waals surface area contributed by atoms with Crippen LogP contribution in [0.5, 0.6) is 0 Å². The van der Waals surface area contributed by atoms with E-state index in [1.165, 1.54) is 5.56 Å². The van der Waals surface area contributed by atoms with Crippen molar-refractivity contribution in [2.45, 2.75) is 60.5 Å². The Bertz CT molecular complexity index is 344. The largest absolute Gasteiger partial charge is 0.334 e. The highest BCUT2D eigenvalue weighted by molar-refractivity contribution is 5.94. The van der Waals surface area contributed by atoms with Gasteiger partial charge in [0.15, 0.2) is 0 Å². The summed E-state index contributed by atoms with van der Waals surface area (Å²) in [5, 5.41) is 0. The van der Waals surface area contributed by atoms with E-state index < -0.39 is 0 Å². The Labute approximate surface area is 112 Å². The fourth-order valence-electron chi connectivity index (χ4n) is 1.91. The molecule has 0 fully saturated rings. The van der Waals surface area contributed by atoms with Crippen molar-refractivity contribution in [3.63, 3.8) is 0 Å². The molecule has 0 saturated heterocycles. The zero-order chi connectivity index (χ0) is 14.3. The van der Waals surface area contributed by atoms with Crippen LogP contribution in [0.3, 0.4) is 0 Å². The van der Waals surface area contributed by atoms with Crippen LogP contribution in [-0.2, 0) is 0 Å². The van der Waals surface area contributed by atoms with Gasteiger partial charge in [-0.05, 0) is 46.8 Å². The van der Waals surface area contributed by atoms with E-state index >= 15 is 0 Å². The van der Waals surface area contributed by atoms with Gasteiger partial charge in [0, 0.05) is 17.6 Å². The molecule has 0 aliphatic carbocycles. The monoisotopic (exact) mass is 249 g/mol. The Hall–Kier alpha value is -1.31. The second-order valence-electron chi connectivity index (χ2n) is 4.77. The first kappa shape index (κ1) is 16.7. The number of aryl methyl sites for hydroxylation is 1. The minimum Gasteiger partial charge on any atom is -0.334 e. The number of rotatable bonds is 3. The molecule has 0 bridgehead atoms. The van der Waals surface area contributed by atoms with Gasteiger partial charge in [-0.1, -0.05) is 31.5 Å². The standard InChI is InChI=1S/C14H21NO.C2H6/c1-10(2)15(11(3)4)14(16)13-8-6-12(5)7-9-13;1-2/h6-11H,1-5H3;1-2H3. The molecule has 1 aromatic rings. The highest BCUT2D eigenvalue weighted by Gasteiger charge is 2.20. The minimum atomic E-state index is 0.116. The van der Waals surface area contributed by atoms with Gasteiger partial charge < -0.3 is 4.90 Å². The van der Waals surface area contributed by atoms with E-state index in [9.17, 15) is 4.79 Å². The number of hydrogen-bond acceptors (Lipinski definition) is 1. The van der Waals surface area contributed by atoms with Crippen LogP contribution in [0.25, 0.3) is 0 Å². The van der Waals surface area contributed by atoms with Gasteiger partial charge in [0.05, 0.1) is 0 Å². The molecular weight excluding hydrogens is 222 g/mol. The van der Waals surface area contributed by atoms with Gasteiger partial charge >= 0.3 is 0 Å². The molecule has 0 aliphatic heterocycles. The van der Waals surface area contributed by atoms with E-state index in [1.807, 2.05) is 77.6 Å². The predicted molar refractivity (Wildman–Crippen MR) is 79.0 cm³/mol. The Morgan fingerprint density at radius 2 is 1.33 bits per heavy atom. The molecular formula is C16H27NO. The Balaban J connectivity index is 0.00000137. The van der Waals surface area contributed by atoms with Crippen molar-refractivity contribution >= 4 is 5.91 Å². The SMILES string of the molecule is CC.Cc1ccc(C(=O)N(C(C)C)C(C)C)cc1. The number of benzene rings is 1. The maximum Gasteiger partial charge on any atom is 0.254 e. The lowest BCUT2D eigenvalue weighted by Crippen LogP contribution is -2.42. The Morgan fingerprint density at radius 3 is 1.67 bits per heavy atom. The van der Waals surface area contributed by atoms with Crippen LogP contribution in [0.2, 0.25) is 0 Å². The minimum absolute atomic E-state index is 0.116. The number of carbonyl (C=O) groups is 1. The van der Waals surface area contributed by atoms with Gasteiger partial charge in [-0.25, -0.2) is 0 Å². The van der Waals surface area contributed by atoms with Gasteiger partial charge in [0.25, 0.3) is 5.91 Å². The average molecular weight is 249 g/mol. The van der Waals surface area contributed by atoms with Crippen LogP contribution >= 0.6 is 0 Å². The molecule has 0 unspecified atom stereocenters. The van der Waals surface area contributed by atoms with Crippen LogP contribution in [0.15, 0.2) is 24.3 Å². The number of nitrogens with zero attached hydrogens (tertiary/aromatic N) is 1. The molecule has 2 nitrogen and oxygen atoms in total. The molecule has 0 N–H and O–H groups in total. The van der Waals surface area contributed by atoms with Crippen LogP contribution in [0, 0.1) is 6.92 Å². The van der Waals surface area contributed by atoms with E-state index in [4.69, 9.17) is 0 Å². The molecule has 0 aliphatic rings. The summed E-state index contributed by atoms with van der Waals surface area (Å²) in [5.41, 5.74) is 1.95. The van der Waals surface area contributed by atoms with Crippen LogP contribution in [-0.4, -0.2) is 22.9 Å². The summed E-state index contributed by atoms with van der Waals surface area (Å²) in [6.45, 7) is 14.2. The summed E-state index contributed by atoms with van der Waals surface area (Å²) in [4.78, 5) is 14.2. The molecule has 1 rings (SSSR count). The first-order chi connectivity index (χ1) is 8.43. The number of carbonyl (C=O) groups excluding carboxylic acids is 1. The highest BCUT2D eigenvalue weighted by Crippen LogP contribution is 2.12. The fraction of sp³-hybridized carbons (Fsp3) is 0.562. The number of amides is 1. The molecule has 1 aromatic carbocycles. The highest BCUT2D eigenvalue weighted by atomic mass is 16.2. The quantitative estimate of drug-likeness (QED) is 0.783. The van der Waals surface area contributed by atoms with Crippen LogP contribution in [0.4, 0.5) is 0 Å². The molecule has 0 saturated carbocycles. The lowest BCUT2D eigenvalue weighted by Gasteiger charge is -2.30. The van der Waals surface area contributed by atoms with Gasteiger partial charge in [0.2, 0.25) is 0 Å². The van der Waals surface area contributed by atoms with Crippen molar-refractivity contribution in [1.82, 2.24) is 4.90 Å². The van der Waals surface area contributed by atoms with Crippen molar-refractivity contribution < 1.29 is 4.79 Å². The van der Waals surface area contributed by atoms with Gasteiger partial charge in [-0.3, -0.25) is 4.79 Å². The summed E-state index contributed by atoms with van der Waals surface area (Å²) in [5.74, 6) is 0.116. The van der Waals surface area contributed by atoms with Crippen molar-refractivity contribution in [3.05, 3.63) is 35.4 Å². The number of hydrogen-bond donors (Lipinski definition) is 0. The molecule has 0 radical (unpaired) electrons. The maximum absolute atomic E-state index is 12.3. The summed E-state index contributed by atoms with van der Waals surface area (Å²) < 4.78 is 0. The lowest BCUT2D eigenvalue weighted by atomic mass is 10.1. The van der Waals surface area contributed by atoms with E-state index in [2.05, 4.69) is 0 Å². The molecule has 102 valence electrons. The van der Waals surface area contributed by atoms with Crippen LogP contribution in [0.1, 0.15) is 57.5 Å². The Morgan fingerprint density at radius 1 is 0.944 bits per heavy atom. The summed E-state index contributed by atoms with van der Waals surface area (Å²) >= 11 is 0.